The average Bonchev–Trinajstić information content (AvgIpc) is 2.64. The van der Waals surface area contributed by atoms with Gasteiger partial charge in [0.25, 0.3) is 0 Å². The predicted molar refractivity (Wildman–Crippen MR) is 104 cm³/mol. The first kappa shape index (κ1) is 18.8. The molecule has 1 aromatic heterocycles. The summed E-state index contributed by atoms with van der Waals surface area (Å²) < 4.78 is 13.6. The summed E-state index contributed by atoms with van der Waals surface area (Å²) in [4.78, 5) is 18.9. The molecular weight excluding hydrogens is 397 g/mol. The van der Waals surface area contributed by atoms with Crippen LogP contribution in [0.2, 0.25) is 0 Å². The minimum absolute atomic E-state index is 0.0994. The van der Waals surface area contributed by atoms with Crippen molar-refractivity contribution in [1.29, 1.82) is 0 Å². The highest BCUT2D eigenvalue weighted by atomic mass is 79.9. The van der Waals surface area contributed by atoms with Crippen LogP contribution >= 0.6 is 15.9 Å². The molecule has 1 aliphatic heterocycles. The largest absolute Gasteiger partial charge is 0.357 e. The Balaban J connectivity index is 1.49. The Kier molecular flexibility index (Phi) is 6.25. The molecule has 26 heavy (non-hydrogen) atoms. The van der Waals surface area contributed by atoms with Crippen molar-refractivity contribution in [3.8, 4) is 0 Å². The topological polar surface area (TPSA) is 45.2 Å². The Bertz CT molecular complexity index is 758. The van der Waals surface area contributed by atoms with Crippen molar-refractivity contribution >= 4 is 27.7 Å². The van der Waals surface area contributed by atoms with E-state index in [9.17, 15) is 9.18 Å². The van der Waals surface area contributed by atoms with E-state index in [2.05, 4.69) is 38.1 Å². The molecule has 1 amide bonds. The average molecular weight is 420 g/mol. The normalized spacial score (nSPS) is 15.1. The van der Waals surface area contributed by atoms with Gasteiger partial charge in [-0.2, -0.15) is 0 Å². The minimum Gasteiger partial charge on any atom is -0.357 e. The van der Waals surface area contributed by atoms with E-state index >= 15 is 0 Å². The van der Waals surface area contributed by atoms with Gasteiger partial charge in [0.05, 0.1) is 10.9 Å². The fraction of sp³-hybridized carbons (Fsp3) is 0.400. The Morgan fingerprint density at radius 1 is 1.27 bits per heavy atom. The Hall–Kier alpha value is -1.95. The molecule has 1 aromatic carbocycles. The molecule has 0 atom stereocenters. The Labute approximate surface area is 161 Å². The first-order valence-electron chi connectivity index (χ1n) is 8.92. The molecule has 4 nitrogen and oxygen atoms in total. The van der Waals surface area contributed by atoms with E-state index in [1.54, 1.807) is 12.1 Å². The Morgan fingerprint density at radius 2 is 2.00 bits per heavy atom. The fourth-order valence-corrected chi connectivity index (χ4v) is 3.47. The third-order valence-electron chi connectivity index (χ3n) is 4.76. The van der Waals surface area contributed by atoms with E-state index in [0.717, 1.165) is 36.0 Å². The molecule has 0 unspecified atom stereocenters. The highest BCUT2D eigenvalue weighted by Gasteiger charge is 2.16. The lowest BCUT2D eigenvalue weighted by Crippen LogP contribution is -2.33. The standard InChI is InChI=1S/C20H23BrFN3O/c1-14-6-8-25(9-7-14)19-5-3-16(12-23-19)13-24-20(26)11-15-2-4-18(22)17(21)10-15/h2-5,10,12,14H,6-9,11,13H2,1H3,(H,24,26). The van der Waals surface area contributed by atoms with Gasteiger partial charge in [-0.25, -0.2) is 9.37 Å². The van der Waals surface area contributed by atoms with Crippen molar-refractivity contribution in [3.05, 3.63) is 57.9 Å². The molecule has 0 saturated carbocycles. The van der Waals surface area contributed by atoms with Crippen LogP contribution in [0.25, 0.3) is 0 Å². The van der Waals surface area contributed by atoms with Gasteiger partial charge in [0, 0.05) is 25.8 Å². The monoisotopic (exact) mass is 419 g/mol. The maximum atomic E-state index is 13.2. The molecule has 1 aliphatic rings. The van der Waals surface area contributed by atoms with Crippen LogP contribution in [0.5, 0.6) is 0 Å². The van der Waals surface area contributed by atoms with Gasteiger partial charge >= 0.3 is 0 Å². The van der Waals surface area contributed by atoms with Crippen molar-refractivity contribution in [2.45, 2.75) is 32.7 Å². The fourth-order valence-electron chi connectivity index (χ4n) is 3.04. The smallest absolute Gasteiger partial charge is 0.224 e. The summed E-state index contributed by atoms with van der Waals surface area (Å²) in [6.45, 7) is 4.83. The van der Waals surface area contributed by atoms with Crippen molar-refractivity contribution in [2.24, 2.45) is 5.92 Å². The second kappa shape index (κ2) is 8.62. The van der Waals surface area contributed by atoms with Crippen LogP contribution in [0.15, 0.2) is 41.0 Å². The zero-order chi connectivity index (χ0) is 18.5. The molecule has 6 heteroatoms. The number of carbonyl (C=O) groups excluding carboxylic acids is 1. The number of nitrogens with zero attached hydrogens (tertiary/aromatic N) is 2. The molecule has 1 N–H and O–H groups in total. The van der Waals surface area contributed by atoms with Crippen LogP contribution in [-0.2, 0) is 17.8 Å². The molecule has 0 aliphatic carbocycles. The lowest BCUT2D eigenvalue weighted by Gasteiger charge is -2.31. The zero-order valence-corrected chi connectivity index (χ0v) is 16.4. The van der Waals surface area contributed by atoms with E-state index in [0.29, 0.717) is 11.0 Å². The summed E-state index contributed by atoms with van der Waals surface area (Å²) in [6.07, 6.45) is 4.45. The second-order valence-electron chi connectivity index (χ2n) is 6.90. The first-order chi connectivity index (χ1) is 12.5. The number of hydrogen-bond acceptors (Lipinski definition) is 3. The van der Waals surface area contributed by atoms with Crippen molar-refractivity contribution in [2.75, 3.05) is 18.0 Å². The number of halogens is 2. The van der Waals surface area contributed by atoms with E-state index < -0.39 is 0 Å². The van der Waals surface area contributed by atoms with Crippen LogP contribution in [0, 0.1) is 11.7 Å². The summed E-state index contributed by atoms with van der Waals surface area (Å²) in [5, 5.41) is 2.88. The predicted octanol–water partition coefficient (Wildman–Crippen LogP) is 4.08. The number of nitrogens with one attached hydrogen (secondary N) is 1. The number of aromatic nitrogens is 1. The molecule has 0 bridgehead atoms. The summed E-state index contributed by atoms with van der Waals surface area (Å²) >= 11 is 3.14. The maximum Gasteiger partial charge on any atom is 0.224 e. The molecule has 3 rings (SSSR count). The van der Waals surface area contributed by atoms with Crippen LogP contribution in [0.1, 0.15) is 30.9 Å². The van der Waals surface area contributed by atoms with E-state index in [1.165, 1.54) is 18.9 Å². The minimum atomic E-state index is -0.330. The molecular formula is C20H23BrFN3O. The van der Waals surface area contributed by atoms with Gasteiger partial charge in [-0.15, -0.1) is 0 Å². The lowest BCUT2D eigenvalue weighted by atomic mass is 9.99. The van der Waals surface area contributed by atoms with Gasteiger partial charge in [-0.3, -0.25) is 4.79 Å². The summed E-state index contributed by atoms with van der Waals surface area (Å²) in [6, 6.07) is 8.64. The van der Waals surface area contributed by atoms with E-state index in [4.69, 9.17) is 0 Å². The molecule has 1 fully saturated rings. The molecule has 2 heterocycles. The molecule has 0 spiro atoms. The summed E-state index contributed by atoms with van der Waals surface area (Å²) in [7, 11) is 0. The maximum absolute atomic E-state index is 13.2. The second-order valence-corrected chi connectivity index (χ2v) is 7.75. The third kappa shape index (κ3) is 5.04. The highest BCUT2D eigenvalue weighted by molar-refractivity contribution is 9.10. The first-order valence-corrected chi connectivity index (χ1v) is 9.71. The quantitative estimate of drug-likeness (QED) is 0.793. The van der Waals surface area contributed by atoms with Gasteiger partial charge in [-0.05, 0) is 64.0 Å². The number of piperidine rings is 1. The number of rotatable bonds is 5. The van der Waals surface area contributed by atoms with Crippen molar-refractivity contribution in [1.82, 2.24) is 10.3 Å². The van der Waals surface area contributed by atoms with Crippen LogP contribution in [0.4, 0.5) is 10.2 Å². The zero-order valence-electron chi connectivity index (χ0n) is 14.8. The third-order valence-corrected chi connectivity index (χ3v) is 5.36. The summed E-state index contributed by atoms with van der Waals surface area (Å²) in [5.74, 6) is 1.37. The lowest BCUT2D eigenvalue weighted by molar-refractivity contribution is -0.120. The SMILES string of the molecule is CC1CCN(c2ccc(CNC(=O)Cc3ccc(F)c(Br)c3)cn2)CC1. The number of amides is 1. The van der Waals surface area contributed by atoms with E-state index in [-0.39, 0.29) is 18.1 Å². The molecule has 138 valence electrons. The number of hydrogen-bond donors (Lipinski definition) is 1. The highest BCUT2D eigenvalue weighted by Crippen LogP contribution is 2.21. The van der Waals surface area contributed by atoms with Gasteiger partial charge in [0.15, 0.2) is 0 Å². The van der Waals surface area contributed by atoms with Crippen molar-refractivity contribution < 1.29 is 9.18 Å². The van der Waals surface area contributed by atoms with Gasteiger partial charge in [-0.1, -0.05) is 19.1 Å². The van der Waals surface area contributed by atoms with Gasteiger partial charge < -0.3 is 10.2 Å². The molecule has 0 radical (unpaired) electrons. The number of pyridine rings is 1. The number of benzene rings is 1. The van der Waals surface area contributed by atoms with Crippen LogP contribution < -0.4 is 10.2 Å². The Morgan fingerprint density at radius 3 is 2.65 bits per heavy atom. The van der Waals surface area contributed by atoms with E-state index in [1.807, 2.05) is 18.3 Å². The van der Waals surface area contributed by atoms with Gasteiger partial charge in [0.1, 0.15) is 11.6 Å². The van der Waals surface area contributed by atoms with Crippen molar-refractivity contribution in [3.63, 3.8) is 0 Å². The molecule has 2 aromatic rings. The number of anilines is 1. The number of carbonyl (C=O) groups is 1. The molecule has 1 saturated heterocycles. The van der Waals surface area contributed by atoms with Crippen LogP contribution in [-0.4, -0.2) is 24.0 Å². The van der Waals surface area contributed by atoms with Gasteiger partial charge in [0.2, 0.25) is 5.91 Å². The summed E-state index contributed by atoms with van der Waals surface area (Å²) in [5.41, 5.74) is 1.73. The van der Waals surface area contributed by atoms with Crippen LogP contribution in [0.3, 0.4) is 0 Å².